The van der Waals surface area contributed by atoms with Gasteiger partial charge in [0.15, 0.2) is 0 Å². The molecule has 5 heteroatoms. The Morgan fingerprint density at radius 1 is 0.838 bits per heavy atom. The molecule has 0 saturated carbocycles. The number of nitrogens with one attached hydrogen (secondary N) is 2. The molecule has 0 atom stereocenters. The second-order valence-electron chi connectivity index (χ2n) is 8.91. The molecule has 2 N–H and O–H groups in total. The van der Waals surface area contributed by atoms with Crippen LogP contribution in [0, 0.1) is 0 Å². The van der Waals surface area contributed by atoms with Crippen LogP contribution in [0.5, 0.6) is 5.75 Å². The van der Waals surface area contributed by atoms with Gasteiger partial charge in [0, 0.05) is 42.1 Å². The van der Waals surface area contributed by atoms with Crippen molar-refractivity contribution in [1.29, 1.82) is 0 Å². The molecule has 0 bridgehead atoms. The summed E-state index contributed by atoms with van der Waals surface area (Å²) < 4.78 is 6.29. The van der Waals surface area contributed by atoms with Crippen molar-refractivity contribution in [3.05, 3.63) is 113 Å². The molecule has 37 heavy (non-hydrogen) atoms. The molecular weight excluding hydrogens is 456 g/mol. The number of benzene rings is 3. The highest BCUT2D eigenvalue weighted by molar-refractivity contribution is 5.83. The number of hydrogen-bond acceptors (Lipinski definition) is 3. The summed E-state index contributed by atoms with van der Waals surface area (Å²) in [7, 11) is 0. The van der Waals surface area contributed by atoms with Gasteiger partial charge >= 0.3 is 0 Å². The average molecular weight is 489 g/mol. The number of ether oxygens (including phenoxy) is 1. The van der Waals surface area contributed by atoms with Gasteiger partial charge in [-0.2, -0.15) is 5.10 Å². The Hall–Kier alpha value is -4.51. The van der Waals surface area contributed by atoms with Gasteiger partial charge in [-0.1, -0.05) is 48.5 Å². The van der Waals surface area contributed by atoms with E-state index in [0.717, 1.165) is 58.1 Å². The quantitative estimate of drug-likeness (QED) is 0.212. The van der Waals surface area contributed by atoms with Crippen LogP contribution in [0.2, 0.25) is 0 Å². The Morgan fingerprint density at radius 3 is 2.54 bits per heavy atom. The summed E-state index contributed by atoms with van der Waals surface area (Å²) in [5.74, 6) is 0.861. The van der Waals surface area contributed by atoms with Gasteiger partial charge in [0.05, 0.1) is 11.4 Å². The van der Waals surface area contributed by atoms with Gasteiger partial charge in [-0.05, 0) is 78.9 Å². The molecule has 0 saturated heterocycles. The number of H-pyrrole nitrogens is 2. The average Bonchev–Trinajstić information content (AvgIpc) is 3.60. The van der Waals surface area contributed by atoms with E-state index in [1.54, 1.807) is 0 Å². The number of rotatable bonds is 10. The second-order valence-corrected chi connectivity index (χ2v) is 8.91. The molecule has 5 aromatic rings. The van der Waals surface area contributed by atoms with Crippen molar-refractivity contribution >= 4 is 40.9 Å². The van der Waals surface area contributed by atoms with Crippen molar-refractivity contribution in [3.8, 4) is 5.75 Å². The minimum absolute atomic E-state index is 0.523. The van der Waals surface area contributed by atoms with Crippen LogP contribution in [0.3, 0.4) is 0 Å². The molecule has 2 aromatic heterocycles. The van der Waals surface area contributed by atoms with Crippen LogP contribution in [0.1, 0.15) is 41.9 Å². The van der Waals surface area contributed by atoms with Gasteiger partial charge in [-0.15, -0.1) is 0 Å². The van der Waals surface area contributed by atoms with Crippen LogP contribution in [-0.4, -0.2) is 28.3 Å². The van der Waals surface area contributed by atoms with Crippen molar-refractivity contribution in [2.75, 3.05) is 18.0 Å². The maximum absolute atomic E-state index is 6.29. The number of fused-ring (bicyclic) bond motifs is 1. The molecule has 0 radical (unpaired) electrons. The summed E-state index contributed by atoms with van der Waals surface area (Å²) in [5, 5.41) is 8.79. The van der Waals surface area contributed by atoms with Crippen molar-refractivity contribution in [2.45, 2.75) is 20.5 Å². The zero-order chi connectivity index (χ0) is 25.5. The van der Waals surface area contributed by atoms with Crippen molar-refractivity contribution < 1.29 is 4.74 Å². The van der Waals surface area contributed by atoms with E-state index in [4.69, 9.17) is 4.74 Å². The first-order valence-corrected chi connectivity index (χ1v) is 12.8. The summed E-state index contributed by atoms with van der Waals surface area (Å²) in [6.45, 7) is 6.77. The molecule has 0 aliphatic carbocycles. The molecule has 186 valence electrons. The lowest BCUT2D eigenvalue weighted by Gasteiger charge is -2.22. The lowest BCUT2D eigenvalue weighted by Crippen LogP contribution is -2.21. The highest BCUT2D eigenvalue weighted by Crippen LogP contribution is 2.28. The third-order valence-electron chi connectivity index (χ3n) is 6.45. The van der Waals surface area contributed by atoms with Gasteiger partial charge in [-0.25, -0.2) is 0 Å². The van der Waals surface area contributed by atoms with E-state index < -0.39 is 0 Å². The summed E-state index contributed by atoms with van der Waals surface area (Å²) in [4.78, 5) is 5.58. The SMILES string of the molecule is CCN(CC)c1ccc(C=Cc2cc(C=Cc3ccc4cc[nH]c4c3)[nH]n2)c(OCc2ccccc2)c1. The molecular formula is C32H32N4O. The first-order chi connectivity index (χ1) is 18.2. The maximum Gasteiger partial charge on any atom is 0.129 e. The molecule has 3 aromatic carbocycles. The molecule has 0 aliphatic rings. The topological polar surface area (TPSA) is 56.9 Å². The van der Waals surface area contributed by atoms with E-state index in [9.17, 15) is 0 Å². The fourth-order valence-electron chi connectivity index (χ4n) is 4.36. The molecule has 0 fully saturated rings. The van der Waals surface area contributed by atoms with Gasteiger partial charge in [0.2, 0.25) is 0 Å². The predicted octanol–water partition coefficient (Wildman–Crippen LogP) is 7.66. The standard InChI is InChI=1S/C32H32N4O/c1-3-36(4-2)30-17-14-27(32(22-30)37-23-25-8-6-5-7-9-25)13-16-29-21-28(34-35-29)15-11-24-10-12-26-18-19-33-31(26)20-24/h5-22,33H,3-4,23H2,1-2H3,(H,34,35). The molecule has 2 heterocycles. The summed E-state index contributed by atoms with van der Waals surface area (Å²) in [6.07, 6.45) is 10.2. The molecule has 0 spiro atoms. The summed E-state index contributed by atoms with van der Waals surface area (Å²) in [5.41, 5.74) is 7.40. The normalized spacial score (nSPS) is 11.6. The van der Waals surface area contributed by atoms with E-state index in [-0.39, 0.29) is 0 Å². The Morgan fingerprint density at radius 2 is 1.70 bits per heavy atom. The zero-order valence-corrected chi connectivity index (χ0v) is 21.3. The Bertz CT molecular complexity index is 1510. The van der Waals surface area contributed by atoms with Crippen LogP contribution >= 0.6 is 0 Å². The summed E-state index contributed by atoms with van der Waals surface area (Å²) >= 11 is 0. The van der Waals surface area contributed by atoms with E-state index >= 15 is 0 Å². The third kappa shape index (κ3) is 6.01. The van der Waals surface area contributed by atoms with Crippen molar-refractivity contribution in [1.82, 2.24) is 15.2 Å². The maximum atomic E-state index is 6.29. The predicted molar refractivity (Wildman–Crippen MR) is 156 cm³/mol. The van der Waals surface area contributed by atoms with Crippen LogP contribution < -0.4 is 9.64 Å². The Balaban J connectivity index is 1.33. The van der Waals surface area contributed by atoms with Gasteiger partial charge in [0.1, 0.15) is 12.4 Å². The monoisotopic (exact) mass is 488 g/mol. The van der Waals surface area contributed by atoms with E-state index in [1.165, 1.54) is 5.39 Å². The molecule has 0 unspecified atom stereocenters. The molecule has 0 aliphatic heterocycles. The van der Waals surface area contributed by atoms with Crippen molar-refractivity contribution in [3.63, 3.8) is 0 Å². The lowest BCUT2D eigenvalue weighted by molar-refractivity contribution is 0.305. The van der Waals surface area contributed by atoms with Crippen LogP contribution in [0.4, 0.5) is 5.69 Å². The van der Waals surface area contributed by atoms with Crippen LogP contribution in [-0.2, 0) is 6.61 Å². The number of anilines is 1. The first kappa shape index (κ1) is 24.2. The van der Waals surface area contributed by atoms with Crippen molar-refractivity contribution in [2.24, 2.45) is 0 Å². The van der Waals surface area contributed by atoms with Crippen LogP contribution in [0.15, 0.2) is 85.1 Å². The van der Waals surface area contributed by atoms with Gasteiger partial charge in [-0.3, -0.25) is 5.10 Å². The Labute approximate surface area is 218 Å². The number of aromatic amines is 2. The summed E-state index contributed by atoms with van der Waals surface area (Å²) in [6, 6.07) is 27.2. The smallest absolute Gasteiger partial charge is 0.129 e. The van der Waals surface area contributed by atoms with Crippen LogP contribution in [0.25, 0.3) is 35.2 Å². The minimum atomic E-state index is 0.523. The molecule has 5 rings (SSSR count). The van der Waals surface area contributed by atoms with E-state index in [0.29, 0.717) is 6.61 Å². The van der Waals surface area contributed by atoms with E-state index in [2.05, 4.69) is 101 Å². The number of aromatic nitrogens is 3. The minimum Gasteiger partial charge on any atom is -0.488 e. The molecule has 0 amide bonds. The third-order valence-corrected chi connectivity index (χ3v) is 6.45. The number of nitrogens with zero attached hydrogens (tertiary/aromatic N) is 2. The van der Waals surface area contributed by atoms with Gasteiger partial charge in [0.25, 0.3) is 0 Å². The van der Waals surface area contributed by atoms with Gasteiger partial charge < -0.3 is 14.6 Å². The largest absolute Gasteiger partial charge is 0.488 e. The fourth-order valence-corrected chi connectivity index (χ4v) is 4.36. The first-order valence-electron chi connectivity index (χ1n) is 12.8. The number of hydrogen-bond donors (Lipinski definition) is 2. The Kier molecular flexibility index (Phi) is 7.51. The zero-order valence-electron chi connectivity index (χ0n) is 21.3. The highest BCUT2D eigenvalue weighted by Gasteiger charge is 2.08. The highest BCUT2D eigenvalue weighted by atomic mass is 16.5. The molecule has 5 nitrogen and oxygen atoms in total. The fraction of sp³-hybridized carbons (Fsp3) is 0.156. The second kappa shape index (κ2) is 11.5. The van der Waals surface area contributed by atoms with E-state index in [1.807, 2.05) is 42.6 Å². The lowest BCUT2D eigenvalue weighted by atomic mass is 10.1.